The summed E-state index contributed by atoms with van der Waals surface area (Å²) in [5.74, 6) is 0.407. The number of hydrogen-bond acceptors (Lipinski definition) is 5. The van der Waals surface area contributed by atoms with Crippen molar-refractivity contribution < 1.29 is 23.5 Å². The molecule has 1 aliphatic heterocycles. The lowest BCUT2D eigenvalue weighted by Gasteiger charge is -2.40. The van der Waals surface area contributed by atoms with Crippen LogP contribution in [0.15, 0.2) is 65.3 Å². The zero-order valence-electron chi connectivity index (χ0n) is 19.2. The molecule has 8 heteroatoms. The summed E-state index contributed by atoms with van der Waals surface area (Å²) >= 11 is 6.45. The zero-order valence-corrected chi connectivity index (χ0v) is 19.9. The van der Waals surface area contributed by atoms with Gasteiger partial charge in [-0.25, -0.2) is 0 Å². The van der Waals surface area contributed by atoms with Gasteiger partial charge in [-0.2, -0.15) is 0 Å². The number of amides is 2. The number of halogens is 1. The molecule has 3 aromatic rings. The Balaban J connectivity index is 1.50. The average molecular weight is 483 g/mol. The molecule has 4 rings (SSSR count). The van der Waals surface area contributed by atoms with Gasteiger partial charge >= 0.3 is 0 Å². The Labute approximate surface area is 203 Å². The fourth-order valence-corrected chi connectivity index (χ4v) is 4.60. The molecule has 1 N–H and O–H groups in total. The van der Waals surface area contributed by atoms with E-state index in [0.717, 1.165) is 24.2 Å². The van der Waals surface area contributed by atoms with Crippen LogP contribution in [-0.2, 0) is 10.2 Å². The van der Waals surface area contributed by atoms with E-state index in [1.54, 1.807) is 49.4 Å². The van der Waals surface area contributed by atoms with Gasteiger partial charge in [0.2, 0.25) is 0 Å². The molecule has 0 aliphatic carbocycles. The number of rotatable bonds is 7. The van der Waals surface area contributed by atoms with Crippen molar-refractivity contribution in [2.24, 2.45) is 0 Å². The Morgan fingerprint density at radius 2 is 1.85 bits per heavy atom. The van der Waals surface area contributed by atoms with Crippen LogP contribution in [0.25, 0.3) is 0 Å². The number of nitrogens with zero attached hydrogens (tertiary/aromatic N) is 1. The normalized spacial score (nSPS) is 14.9. The van der Waals surface area contributed by atoms with Crippen molar-refractivity contribution in [3.05, 3.63) is 82.8 Å². The predicted molar refractivity (Wildman–Crippen MR) is 130 cm³/mol. The van der Waals surface area contributed by atoms with Crippen LogP contribution in [0.1, 0.15) is 39.3 Å². The number of carbonyl (C=O) groups excluding carboxylic acids is 2. The maximum Gasteiger partial charge on any atom is 0.291 e. The average Bonchev–Trinajstić information content (AvgIpc) is 3.40. The summed E-state index contributed by atoms with van der Waals surface area (Å²) in [4.78, 5) is 27.2. The summed E-state index contributed by atoms with van der Waals surface area (Å²) in [6.07, 6.45) is 3.04. The highest BCUT2D eigenvalue weighted by atomic mass is 35.5. The Bertz CT molecular complexity index is 1140. The van der Waals surface area contributed by atoms with Crippen LogP contribution in [0.5, 0.6) is 5.75 Å². The highest BCUT2D eigenvalue weighted by Gasteiger charge is 2.37. The molecule has 2 amide bonds. The van der Waals surface area contributed by atoms with Crippen LogP contribution in [0.4, 0.5) is 5.69 Å². The standard InChI is InChI=1S/C26H27ClN2O5/c1-29(17-26(11-14-33-15-12-26)18-5-8-20(32-2)9-6-18)25(31)21-10-7-19(16-22(21)27)28-24(30)23-4-3-13-34-23/h3-10,13,16H,11-12,14-15,17H2,1-2H3,(H,28,30). The summed E-state index contributed by atoms with van der Waals surface area (Å²) in [7, 11) is 3.43. The molecule has 2 heterocycles. The molecule has 1 saturated heterocycles. The minimum Gasteiger partial charge on any atom is -0.497 e. The van der Waals surface area contributed by atoms with E-state index in [2.05, 4.69) is 17.4 Å². The van der Waals surface area contributed by atoms with Crippen LogP contribution in [0.2, 0.25) is 5.02 Å². The number of carbonyl (C=O) groups is 2. The first-order valence-electron chi connectivity index (χ1n) is 11.0. The van der Waals surface area contributed by atoms with Gasteiger partial charge in [-0.1, -0.05) is 23.7 Å². The largest absolute Gasteiger partial charge is 0.497 e. The minimum absolute atomic E-state index is 0.187. The smallest absolute Gasteiger partial charge is 0.291 e. The topological polar surface area (TPSA) is 81.0 Å². The van der Waals surface area contributed by atoms with Gasteiger partial charge in [-0.3, -0.25) is 9.59 Å². The van der Waals surface area contributed by atoms with Gasteiger partial charge in [0.05, 0.1) is 24.0 Å². The third-order valence-electron chi connectivity index (χ3n) is 6.24. The zero-order chi connectivity index (χ0) is 24.1. The minimum atomic E-state index is -0.391. The van der Waals surface area contributed by atoms with E-state index in [0.29, 0.717) is 31.0 Å². The van der Waals surface area contributed by atoms with Gasteiger partial charge in [-0.15, -0.1) is 0 Å². The Hall–Kier alpha value is -3.29. The molecule has 0 radical (unpaired) electrons. The first-order valence-corrected chi connectivity index (χ1v) is 11.4. The fourth-order valence-electron chi connectivity index (χ4n) is 4.34. The summed E-state index contributed by atoms with van der Waals surface area (Å²) in [5, 5.41) is 2.98. The Kier molecular flexibility index (Phi) is 7.24. The second-order valence-electron chi connectivity index (χ2n) is 8.41. The monoisotopic (exact) mass is 482 g/mol. The first-order chi connectivity index (χ1) is 16.4. The number of benzene rings is 2. The lowest BCUT2D eigenvalue weighted by atomic mass is 9.73. The Morgan fingerprint density at radius 1 is 1.12 bits per heavy atom. The lowest BCUT2D eigenvalue weighted by Crippen LogP contribution is -2.45. The van der Waals surface area contributed by atoms with Crippen LogP contribution in [0.3, 0.4) is 0 Å². The summed E-state index contributed by atoms with van der Waals surface area (Å²) in [6.45, 7) is 1.80. The van der Waals surface area contributed by atoms with Gasteiger partial charge in [0.1, 0.15) is 5.75 Å². The molecule has 1 aromatic heterocycles. The third kappa shape index (κ3) is 5.11. The molecule has 2 aromatic carbocycles. The van der Waals surface area contributed by atoms with Crippen molar-refractivity contribution in [2.75, 3.05) is 39.2 Å². The summed E-state index contributed by atoms with van der Waals surface area (Å²) in [6, 6.07) is 16.1. The Morgan fingerprint density at radius 3 is 2.47 bits per heavy atom. The van der Waals surface area contributed by atoms with E-state index in [1.807, 2.05) is 12.1 Å². The van der Waals surface area contributed by atoms with E-state index in [-0.39, 0.29) is 22.1 Å². The van der Waals surface area contributed by atoms with Crippen molar-refractivity contribution in [3.63, 3.8) is 0 Å². The number of furan rings is 1. The highest BCUT2D eigenvalue weighted by Crippen LogP contribution is 2.37. The molecule has 0 atom stereocenters. The number of hydrogen-bond donors (Lipinski definition) is 1. The maximum atomic E-state index is 13.3. The van der Waals surface area contributed by atoms with Crippen molar-refractivity contribution in [1.82, 2.24) is 4.90 Å². The van der Waals surface area contributed by atoms with E-state index in [1.165, 1.54) is 6.26 Å². The van der Waals surface area contributed by atoms with E-state index >= 15 is 0 Å². The van der Waals surface area contributed by atoms with Crippen LogP contribution in [-0.4, -0.2) is 50.6 Å². The van der Waals surface area contributed by atoms with Crippen molar-refractivity contribution >= 4 is 29.1 Å². The molecule has 0 spiro atoms. The molecule has 178 valence electrons. The molecule has 1 aliphatic rings. The second kappa shape index (κ2) is 10.3. The third-order valence-corrected chi connectivity index (χ3v) is 6.55. The molecule has 1 fully saturated rings. The fraction of sp³-hybridized carbons (Fsp3) is 0.308. The van der Waals surface area contributed by atoms with Crippen LogP contribution >= 0.6 is 11.6 Å². The summed E-state index contributed by atoms with van der Waals surface area (Å²) < 4.78 is 16.0. The molecule has 34 heavy (non-hydrogen) atoms. The molecule has 0 bridgehead atoms. The SMILES string of the molecule is COc1ccc(C2(CN(C)C(=O)c3ccc(NC(=O)c4ccco4)cc3Cl)CCOCC2)cc1. The van der Waals surface area contributed by atoms with Gasteiger partial charge in [-0.05, 0) is 60.9 Å². The van der Waals surface area contributed by atoms with Gasteiger partial charge < -0.3 is 24.1 Å². The van der Waals surface area contributed by atoms with Gasteiger partial charge in [0.15, 0.2) is 5.76 Å². The number of anilines is 1. The van der Waals surface area contributed by atoms with E-state index < -0.39 is 5.91 Å². The van der Waals surface area contributed by atoms with Crippen LogP contribution < -0.4 is 10.1 Å². The number of nitrogens with one attached hydrogen (secondary N) is 1. The van der Waals surface area contributed by atoms with Crippen molar-refractivity contribution in [3.8, 4) is 5.75 Å². The molecular formula is C26H27ClN2O5. The van der Waals surface area contributed by atoms with E-state index in [9.17, 15) is 9.59 Å². The molecule has 7 nitrogen and oxygen atoms in total. The predicted octanol–water partition coefficient (Wildman–Crippen LogP) is 5.01. The summed E-state index contributed by atoms with van der Waals surface area (Å²) in [5.41, 5.74) is 1.78. The van der Waals surface area contributed by atoms with Crippen LogP contribution in [0, 0.1) is 0 Å². The second-order valence-corrected chi connectivity index (χ2v) is 8.82. The maximum absolute atomic E-state index is 13.3. The highest BCUT2D eigenvalue weighted by molar-refractivity contribution is 6.34. The number of methoxy groups -OCH3 is 1. The molecular weight excluding hydrogens is 456 g/mol. The van der Waals surface area contributed by atoms with Gasteiger partial charge in [0, 0.05) is 37.9 Å². The number of likely N-dealkylation sites (N-methyl/N-ethyl adjacent to an activating group) is 1. The molecule has 0 unspecified atom stereocenters. The first kappa shape index (κ1) is 23.9. The quantitative estimate of drug-likeness (QED) is 0.511. The van der Waals surface area contributed by atoms with Crippen molar-refractivity contribution in [1.29, 1.82) is 0 Å². The van der Waals surface area contributed by atoms with Gasteiger partial charge in [0.25, 0.3) is 11.8 Å². The lowest BCUT2D eigenvalue weighted by molar-refractivity contribution is 0.0345. The van der Waals surface area contributed by atoms with Crippen molar-refractivity contribution in [2.45, 2.75) is 18.3 Å². The number of ether oxygens (including phenoxy) is 2. The molecule has 0 saturated carbocycles. The van der Waals surface area contributed by atoms with E-state index in [4.69, 9.17) is 25.5 Å².